The zero-order valence-corrected chi connectivity index (χ0v) is 11.8. The van der Waals surface area contributed by atoms with Gasteiger partial charge in [0.25, 0.3) is 0 Å². The van der Waals surface area contributed by atoms with Gasteiger partial charge < -0.3 is 5.73 Å². The van der Waals surface area contributed by atoms with Crippen molar-refractivity contribution in [1.82, 2.24) is 9.78 Å². The van der Waals surface area contributed by atoms with Crippen LogP contribution in [0.3, 0.4) is 0 Å². The molecule has 1 saturated carbocycles. The van der Waals surface area contributed by atoms with E-state index in [1.54, 1.807) is 16.8 Å². The van der Waals surface area contributed by atoms with Gasteiger partial charge in [0.2, 0.25) is 0 Å². The third kappa shape index (κ3) is 2.14. The van der Waals surface area contributed by atoms with Gasteiger partial charge >= 0.3 is 0 Å². The number of benzene rings is 1. The maximum Gasteiger partial charge on any atom is 0.145 e. The van der Waals surface area contributed by atoms with Crippen molar-refractivity contribution in [2.24, 2.45) is 0 Å². The lowest BCUT2D eigenvalue weighted by molar-refractivity contribution is 0.678. The predicted octanol–water partition coefficient (Wildman–Crippen LogP) is 3.64. The van der Waals surface area contributed by atoms with Crippen LogP contribution in [0.1, 0.15) is 42.9 Å². The monoisotopic (exact) mass is 286 g/mol. The zero-order valence-electron chi connectivity index (χ0n) is 11.0. The Kier molecular flexibility index (Phi) is 3.37. The highest BCUT2D eigenvalue weighted by Crippen LogP contribution is 2.37. The second-order valence-corrected chi connectivity index (χ2v) is 5.56. The van der Waals surface area contributed by atoms with E-state index in [1.807, 2.05) is 12.1 Å². The molecule has 1 aliphatic rings. The number of nitriles is 1. The molecule has 0 saturated heterocycles. The molecule has 102 valence electrons. The summed E-state index contributed by atoms with van der Waals surface area (Å²) in [5.74, 6) is 0.775. The minimum atomic E-state index is 0.362. The summed E-state index contributed by atoms with van der Waals surface area (Å²) in [6.45, 7) is 0. The predicted molar refractivity (Wildman–Crippen MR) is 78.9 cm³/mol. The number of aromatic nitrogens is 2. The highest BCUT2D eigenvalue weighted by molar-refractivity contribution is 6.30. The molecule has 1 aromatic heterocycles. The Balaban J connectivity index is 2.08. The van der Waals surface area contributed by atoms with Crippen LogP contribution < -0.4 is 5.73 Å². The van der Waals surface area contributed by atoms with Gasteiger partial charge in [-0.15, -0.1) is 0 Å². The lowest BCUT2D eigenvalue weighted by Crippen LogP contribution is -2.02. The lowest BCUT2D eigenvalue weighted by atomic mass is 10.0. The van der Waals surface area contributed by atoms with Crippen molar-refractivity contribution in [2.45, 2.75) is 31.6 Å². The first kappa shape index (κ1) is 13.0. The number of rotatable bonds is 2. The number of halogens is 1. The molecule has 1 heterocycles. The van der Waals surface area contributed by atoms with Crippen molar-refractivity contribution in [3.63, 3.8) is 0 Å². The van der Waals surface area contributed by atoms with Crippen LogP contribution >= 0.6 is 11.6 Å². The molecule has 2 aromatic rings. The lowest BCUT2D eigenvalue weighted by Gasteiger charge is -2.05. The van der Waals surface area contributed by atoms with E-state index in [9.17, 15) is 5.26 Å². The fourth-order valence-electron chi connectivity index (χ4n) is 2.83. The van der Waals surface area contributed by atoms with E-state index in [-0.39, 0.29) is 0 Å². The second kappa shape index (κ2) is 5.18. The third-order valence-corrected chi connectivity index (χ3v) is 4.13. The highest BCUT2D eigenvalue weighted by Gasteiger charge is 2.26. The van der Waals surface area contributed by atoms with Gasteiger partial charge in [0, 0.05) is 10.9 Å². The van der Waals surface area contributed by atoms with Crippen LogP contribution in [0.2, 0.25) is 5.02 Å². The van der Waals surface area contributed by atoms with E-state index < -0.39 is 0 Å². The maximum atomic E-state index is 9.36. The molecule has 20 heavy (non-hydrogen) atoms. The molecule has 0 aliphatic heterocycles. The molecule has 2 N–H and O–H groups in total. The quantitative estimate of drug-likeness (QED) is 0.916. The molecule has 5 heteroatoms. The molecule has 0 spiro atoms. The highest BCUT2D eigenvalue weighted by atomic mass is 35.5. The summed E-state index contributed by atoms with van der Waals surface area (Å²) in [5.41, 5.74) is 8.29. The molecule has 0 bridgehead atoms. The van der Waals surface area contributed by atoms with E-state index in [0.29, 0.717) is 22.3 Å². The van der Waals surface area contributed by atoms with Crippen LogP contribution in [0.25, 0.3) is 5.69 Å². The molecule has 4 nitrogen and oxygen atoms in total. The number of nitrogens with two attached hydrogens (primary N) is 1. The van der Waals surface area contributed by atoms with Crippen molar-refractivity contribution in [2.75, 3.05) is 5.73 Å². The SMILES string of the molecule is N#Cc1c(C2CCCC2)nn(-c2ccc(Cl)cc2)c1N. The number of nitrogens with zero attached hydrogens (tertiary/aromatic N) is 3. The van der Waals surface area contributed by atoms with Gasteiger partial charge in [0.1, 0.15) is 17.5 Å². The van der Waals surface area contributed by atoms with Crippen molar-refractivity contribution in [3.05, 3.63) is 40.5 Å². The molecule has 0 amide bonds. The third-order valence-electron chi connectivity index (χ3n) is 3.87. The Morgan fingerprint density at radius 3 is 2.50 bits per heavy atom. The van der Waals surface area contributed by atoms with E-state index in [4.69, 9.17) is 17.3 Å². The van der Waals surface area contributed by atoms with E-state index in [0.717, 1.165) is 24.2 Å². The van der Waals surface area contributed by atoms with Gasteiger partial charge in [-0.2, -0.15) is 10.4 Å². The first-order chi connectivity index (χ1) is 9.70. The summed E-state index contributed by atoms with van der Waals surface area (Å²) in [6, 6.07) is 9.49. The summed E-state index contributed by atoms with van der Waals surface area (Å²) in [5, 5.41) is 14.6. The summed E-state index contributed by atoms with van der Waals surface area (Å²) in [7, 11) is 0. The molecule has 0 radical (unpaired) electrons. The van der Waals surface area contributed by atoms with Gasteiger partial charge in [-0.05, 0) is 37.1 Å². The van der Waals surface area contributed by atoms with Gasteiger partial charge in [0.15, 0.2) is 0 Å². The van der Waals surface area contributed by atoms with Crippen molar-refractivity contribution in [1.29, 1.82) is 5.26 Å². The molecule has 0 unspecified atom stereocenters. The minimum Gasteiger partial charge on any atom is -0.382 e. The number of nitrogen functional groups attached to an aromatic ring is 1. The first-order valence-electron chi connectivity index (χ1n) is 6.75. The van der Waals surface area contributed by atoms with Crippen LogP contribution in [-0.2, 0) is 0 Å². The van der Waals surface area contributed by atoms with E-state index in [2.05, 4.69) is 11.2 Å². The second-order valence-electron chi connectivity index (χ2n) is 5.13. The molecule has 1 aliphatic carbocycles. The van der Waals surface area contributed by atoms with Gasteiger partial charge in [-0.1, -0.05) is 24.4 Å². The van der Waals surface area contributed by atoms with Crippen LogP contribution in [0.4, 0.5) is 5.82 Å². The van der Waals surface area contributed by atoms with Gasteiger partial charge in [-0.25, -0.2) is 4.68 Å². The Morgan fingerprint density at radius 1 is 1.25 bits per heavy atom. The van der Waals surface area contributed by atoms with E-state index >= 15 is 0 Å². The fourth-order valence-corrected chi connectivity index (χ4v) is 2.95. The standard InChI is InChI=1S/C15H15ClN4/c16-11-5-7-12(8-6-11)20-15(18)13(9-17)14(19-20)10-3-1-2-4-10/h5-8,10H,1-4,18H2. The van der Waals surface area contributed by atoms with Crippen molar-refractivity contribution in [3.8, 4) is 11.8 Å². The Hall–Kier alpha value is -1.99. The average Bonchev–Trinajstić information content (AvgIpc) is 3.07. The molecule has 0 atom stereocenters. The smallest absolute Gasteiger partial charge is 0.145 e. The number of hydrogen-bond acceptors (Lipinski definition) is 3. The zero-order chi connectivity index (χ0) is 14.1. The molecule has 1 fully saturated rings. The molecule has 1 aromatic carbocycles. The van der Waals surface area contributed by atoms with Crippen LogP contribution in [-0.4, -0.2) is 9.78 Å². The topological polar surface area (TPSA) is 67.6 Å². The summed E-state index contributed by atoms with van der Waals surface area (Å²) in [6.07, 6.45) is 4.57. The molecular weight excluding hydrogens is 272 g/mol. The van der Waals surface area contributed by atoms with Crippen molar-refractivity contribution >= 4 is 17.4 Å². The van der Waals surface area contributed by atoms with Crippen LogP contribution in [0, 0.1) is 11.3 Å². The Labute approximate surface area is 122 Å². The van der Waals surface area contributed by atoms with Crippen molar-refractivity contribution < 1.29 is 0 Å². The first-order valence-corrected chi connectivity index (χ1v) is 7.13. The summed E-state index contributed by atoms with van der Waals surface area (Å²) < 4.78 is 1.64. The Bertz CT molecular complexity index is 660. The van der Waals surface area contributed by atoms with Crippen LogP contribution in [0.15, 0.2) is 24.3 Å². The maximum absolute atomic E-state index is 9.36. The largest absolute Gasteiger partial charge is 0.382 e. The minimum absolute atomic E-state index is 0.362. The number of anilines is 1. The van der Waals surface area contributed by atoms with Crippen LogP contribution in [0.5, 0.6) is 0 Å². The summed E-state index contributed by atoms with van der Waals surface area (Å²) in [4.78, 5) is 0. The van der Waals surface area contributed by atoms with Gasteiger partial charge in [-0.3, -0.25) is 0 Å². The molecular formula is C15H15ClN4. The normalized spacial score (nSPS) is 15.4. The fraction of sp³-hybridized carbons (Fsp3) is 0.333. The summed E-state index contributed by atoms with van der Waals surface area (Å²) >= 11 is 5.89. The molecule has 3 rings (SSSR count). The Morgan fingerprint density at radius 2 is 1.90 bits per heavy atom. The number of hydrogen-bond donors (Lipinski definition) is 1. The van der Waals surface area contributed by atoms with Gasteiger partial charge in [0.05, 0.1) is 11.4 Å². The van der Waals surface area contributed by atoms with E-state index in [1.165, 1.54) is 12.8 Å². The average molecular weight is 287 g/mol.